The Morgan fingerprint density at radius 1 is 0.867 bits per heavy atom. The number of nitrogens with one attached hydrogen (secondary N) is 1. The van der Waals surface area contributed by atoms with Crippen molar-refractivity contribution < 1.29 is 18.8 Å². The maximum absolute atomic E-state index is 12.6. The Hall–Kier alpha value is -4.26. The second kappa shape index (κ2) is 8.83. The lowest BCUT2D eigenvalue weighted by molar-refractivity contribution is 0.0431. The van der Waals surface area contributed by atoms with Crippen LogP contribution < -0.4 is 5.32 Å². The van der Waals surface area contributed by atoms with Crippen LogP contribution in [0, 0.1) is 0 Å². The molecule has 0 saturated carbocycles. The molecule has 1 heterocycles. The second-order valence-corrected chi connectivity index (χ2v) is 6.32. The third-order valence-electron chi connectivity index (χ3n) is 4.26. The molecule has 1 N–H and O–H groups in total. The topological polar surface area (TPSA) is 94.3 Å². The van der Waals surface area contributed by atoms with Gasteiger partial charge in [-0.1, -0.05) is 65.8 Å². The minimum Gasteiger partial charge on any atom is -0.452 e. The number of aromatic nitrogens is 2. The van der Waals surface area contributed by atoms with E-state index in [2.05, 4.69) is 15.5 Å². The van der Waals surface area contributed by atoms with Crippen molar-refractivity contribution in [1.82, 2.24) is 10.1 Å². The molecule has 0 atom stereocenters. The fourth-order valence-electron chi connectivity index (χ4n) is 2.78. The summed E-state index contributed by atoms with van der Waals surface area (Å²) in [5, 5.41) is 6.63. The summed E-state index contributed by atoms with van der Waals surface area (Å²) in [4.78, 5) is 29.2. The fraction of sp³-hybridized carbons (Fsp3) is 0.0435. The molecular weight excluding hydrogens is 382 g/mol. The Balaban J connectivity index is 1.43. The minimum atomic E-state index is -0.613. The number of rotatable bonds is 6. The Kier molecular flexibility index (Phi) is 5.61. The maximum atomic E-state index is 12.6. The molecule has 0 spiro atoms. The van der Waals surface area contributed by atoms with Crippen molar-refractivity contribution in [1.29, 1.82) is 0 Å². The van der Waals surface area contributed by atoms with E-state index in [9.17, 15) is 9.59 Å². The zero-order valence-electron chi connectivity index (χ0n) is 15.8. The number of benzene rings is 3. The first-order chi connectivity index (χ1) is 14.7. The minimum absolute atomic E-state index is 0.174. The van der Waals surface area contributed by atoms with E-state index in [1.807, 2.05) is 36.4 Å². The van der Waals surface area contributed by atoms with Crippen molar-refractivity contribution in [2.24, 2.45) is 0 Å². The van der Waals surface area contributed by atoms with Gasteiger partial charge < -0.3 is 14.6 Å². The van der Waals surface area contributed by atoms with Crippen LogP contribution in [0.4, 0.5) is 5.69 Å². The van der Waals surface area contributed by atoms with E-state index in [0.717, 1.165) is 5.56 Å². The van der Waals surface area contributed by atoms with Crippen molar-refractivity contribution in [3.8, 4) is 11.4 Å². The highest BCUT2D eigenvalue weighted by Gasteiger charge is 2.17. The van der Waals surface area contributed by atoms with Crippen LogP contribution in [0.15, 0.2) is 89.5 Å². The van der Waals surface area contributed by atoms with Crippen LogP contribution >= 0.6 is 0 Å². The van der Waals surface area contributed by atoms with Gasteiger partial charge in [0, 0.05) is 11.1 Å². The molecule has 7 heteroatoms. The van der Waals surface area contributed by atoms with Crippen LogP contribution in [-0.2, 0) is 11.3 Å². The SMILES string of the molecule is O=C(Nc1ccccc1C(=O)OCc1nc(-c2ccccc2)no1)c1ccccc1. The van der Waals surface area contributed by atoms with E-state index in [4.69, 9.17) is 9.26 Å². The number of nitrogens with zero attached hydrogens (tertiary/aromatic N) is 2. The molecule has 0 unspecified atom stereocenters. The molecule has 0 aliphatic carbocycles. The van der Waals surface area contributed by atoms with Crippen LogP contribution in [0.1, 0.15) is 26.6 Å². The van der Waals surface area contributed by atoms with Gasteiger partial charge in [-0.2, -0.15) is 4.98 Å². The molecule has 30 heavy (non-hydrogen) atoms. The average Bonchev–Trinajstić information content (AvgIpc) is 3.28. The normalized spacial score (nSPS) is 10.4. The molecular formula is C23H17N3O4. The van der Waals surface area contributed by atoms with Crippen molar-refractivity contribution in [2.75, 3.05) is 5.32 Å². The van der Waals surface area contributed by atoms with Gasteiger partial charge in [0.25, 0.3) is 11.8 Å². The summed E-state index contributed by atoms with van der Waals surface area (Å²) in [5.41, 5.74) is 1.87. The van der Waals surface area contributed by atoms with E-state index in [1.165, 1.54) is 0 Å². The predicted octanol–water partition coefficient (Wildman–Crippen LogP) is 4.35. The molecule has 1 aromatic heterocycles. The largest absolute Gasteiger partial charge is 0.452 e. The third kappa shape index (κ3) is 4.41. The van der Waals surface area contributed by atoms with Gasteiger partial charge in [-0.05, 0) is 24.3 Å². The number of esters is 1. The number of carbonyl (C=O) groups excluding carboxylic acids is 2. The Bertz CT molecular complexity index is 1160. The van der Waals surface area contributed by atoms with Gasteiger partial charge >= 0.3 is 5.97 Å². The Labute approximate surface area is 172 Å². The molecule has 4 aromatic rings. The number of hydrogen-bond donors (Lipinski definition) is 1. The molecule has 4 rings (SSSR count). The van der Waals surface area contributed by atoms with Crippen LogP contribution in [0.5, 0.6) is 0 Å². The van der Waals surface area contributed by atoms with Crippen LogP contribution in [0.25, 0.3) is 11.4 Å². The van der Waals surface area contributed by atoms with Gasteiger partial charge in [0.05, 0.1) is 11.3 Å². The van der Waals surface area contributed by atoms with Gasteiger partial charge in [-0.3, -0.25) is 4.79 Å². The molecule has 0 bridgehead atoms. The monoisotopic (exact) mass is 399 g/mol. The third-order valence-corrected chi connectivity index (χ3v) is 4.26. The first kappa shape index (κ1) is 19.1. The molecule has 1 amide bonds. The predicted molar refractivity (Wildman–Crippen MR) is 110 cm³/mol. The molecule has 0 radical (unpaired) electrons. The van der Waals surface area contributed by atoms with Gasteiger partial charge in [0.2, 0.25) is 5.82 Å². The van der Waals surface area contributed by atoms with Crippen LogP contribution in [-0.4, -0.2) is 22.0 Å². The summed E-state index contributed by atoms with van der Waals surface area (Å²) in [6.07, 6.45) is 0. The summed E-state index contributed by atoms with van der Waals surface area (Å²) in [5.74, 6) is -0.344. The van der Waals surface area contributed by atoms with Crippen molar-refractivity contribution in [2.45, 2.75) is 6.61 Å². The maximum Gasteiger partial charge on any atom is 0.340 e. The first-order valence-corrected chi connectivity index (χ1v) is 9.21. The number of carbonyl (C=O) groups is 2. The summed E-state index contributed by atoms with van der Waals surface area (Å²) in [7, 11) is 0. The molecule has 0 saturated heterocycles. The highest BCUT2D eigenvalue weighted by Crippen LogP contribution is 2.19. The summed E-state index contributed by atoms with van der Waals surface area (Å²) in [6.45, 7) is -0.181. The number of anilines is 1. The number of amides is 1. The van der Waals surface area contributed by atoms with Crippen molar-refractivity contribution in [3.63, 3.8) is 0 Å². The number of ether oxygens (including phenoxy) is 1. The quantitative estimate of drug-likeness (QED) is 0.485. The first-order valence-electron chi connectivity index (χ1n) is 9.21. The van der Waals surface area contributed by atoms with Gasteiger partial charge in [-0.15, -0.1) is 0 Å². The van der Waals surface area contributed by atoms with Gasteiger partial charge in [0.1, 0.15) is 0 Å². The smallest absolute Gasteiger partial charge is 0.340 e. The lowest BCUT2D eigenvalue weighted by Crippen LogP contribution is -2.15. The highest BCUT2D eigenvalue weighted by atomic mass is 16.6. The zero-order chi connectivity index (χ0) is 20.8. The van der Waals surface area contributed by atoms with Crippen LogP contribution in [0.2, 0.25) is 0 Å². The standard InChI is InChI=1S/C23H17N3O4/c27-22(17-11-5-2-6-12-17)24-19-14-8-7-13-18(19)23(28)29-15-20-25-21(26-30-20)16-9-3-1-4-10-16/h1-14H,15H2,(H,24,27). The molecule has 7 nitrogen and oxygen atoms in total. The Morgan fingerprint density at radius 2 is 1.53 bits per heavy atom. The van der Waals surface area contributed by atoms with Crippen molar-refractivity contribution >= 4 is 17.6 Å². The van der Waals surface area contributed by atoms with Gasteiger partial charge in [-0.25, -0.2) is 4.79 Å². The average molecular weight is 399 g/mol. The molecule has 0 aliphatic rings. The lowest BCUT2D eigenvalue weighted by atomic mass is 10.1. The molecule has 148 valence electrons. The van der Waals surface area contributed by atoms with E-state index >= 15 is 0 Å². The second-order valence-electron chi connectivity index (χ2n) is 6.32. The number of hydrogen-bond acceptors (Lipinski definition) is 6. The van der Waals surface area contributed by atoms with Gasteiger partial charge in [0.15, 0.2) is 6.61 Å². The molecule has 3 aromatic carbocycles. The van der Waals surface area contributed by atoms with E-state index in [0.29, 0.717) is 17.1 Å². The molecule has 0 fully saturated rings. The summed E-state index contributed by atoms with van der Waals surface area (Å²) >= 11 is 0. The van der Waals surface area contributed by atoms with Crippen molar-refractivity contribution in [3.05, 3.63) is 102 Å². The van der Waals surface area contributed by atoms with Crippen LogP contribution in [0.3, 0.4) is 0 Å². The lowest BCUT2D eigenvalue weighted by Gasteiger charge is -2.10. The zero-order valence-corrected chi connectivity index (χ0v) is 15.8. The van der Waals surface area contributed by atoms with E-state index < -0.39 is 5.97 Å². The molecule has 0 aliphatic heterocycles. The highest BCUT2D eigenvalue weighted by molar-refractivity contribution is 6.07. The summed E-state index contributed by atoms with van der Waals surface area (Å²) < 4.78 is 10.5. The van der Waals surface area contributed by atoms with E-state index in [-0.39, 0.29) is 24.0 Å². The van der Waals surface area contributed by atoms with E-state index in [1.54, 1.807) is 48.5 Å². The summed E-state index contributed by atoms with van der Waals surface area (Å²) in [6, 6.07) is 24.7. The number of para-hydroxylation sites is 1. The Morgan fingerprint density at radius 3 is 2.30 bits per heavy atom. The fourth-order valence-corrected chi connectivity index (χ4v) is 2.78.